The van der Waals surface area contributed by atoms with Gasteiger partial charge in [0.1, 0.15) is 5.75 Å². The number of nitrogens with one attached hydrogen (secondary N) is 1. The summed E-state index contributed by atoms with van der Waals surface area (Å²) in [5, 5.41) is 3.27. The van der Waals surface area contributed by atoms with E-state index in [4.69, 9.17) is 27.9 Å². The van der Waals surface area contributed by atoms with Crippen molar-refractivity contribution in [3.8, 4) is 22.9 Å². The zero-order chi connectivity index (χ0) is 22.6. The Hall–Kier alpha value is -2.77. The molecule has 1 aromatic heterocycles. The van der Waals surface area contributed by atoms with Crippen LogP contribution in [0.3, 0.4) is 0 Å². The normalized spacial score (nSPS) is 11.3. The quantitative estimate of drug-likeness (QED) is 0.423. The highest BCUT2D eigenvalue weighted by molar-refractivity contribution is 6.35. The Morgan fingerprint density at radius 3 is 2.55 bits per heavy atom. The summed E-state index contributed by atoms with van der Waals surface area (Å²) in [5.74, 6) is -0.275. The third-order valence-electron chi connectivity index (χ3n) is 4.22. The predicted molar refractivity (Wildman–Crippen MR) is 114 cm³/mol. The Morgan fingerprint density at radius 2 is 1.87 bits per heavy atom. The van der Waals surface area contributed by atoms with E-state index in [-0.39, 0.29) is 39.4 Å². The van der Waals surface area contributed by atoms with Crippen molar-refractivity contribution in [2.45, 2.75) is 19.5 Å². The molecule has 0 atom stereocenters. The maximum atomic E-state index is 13.6. The van der Waals surface area contributed by atoms with Gasteiger partial charge in [-0.15, -0.1) is 0 Å². The van der Waals surface area contributed by atoms with Crippen LogP contribution in [0.5, 0.6) is 11.6 Å². The minimum Gasteiger partial charge on any atom is -0.437 e. The number of hydrogen-bond donors (Lipinski definition) is 1. The molecule has 4 nitrogen and oxygen atoms in total. The number of hydrogen-bond acceptors (Lipinski definition) is 3. The number of carbonyl (C=O) groups excluding carboxylic acids is 1. The molecule has 9 heteroatoms. The van der Waals surface area contributed by atoms with Crippen LogP contribution in [0, 0.1) is 0 Å². The van der Waals surface area contributed by atoms with Gasteiger partial charge in [0.15, 0.2) is 0 Å². The standard InChI is InChI=1S/C22H17Cl2F3N2O2/c1-2-10-28-21(30)14-5-3-4-13(11-14)20-16(22(25,26)27)7-9-19(29-20)31-18-8-6-15(23)12-17(18)24/h3-9,11-12H,2,10H2,1H3,(H,28,30). The van der Waals surface area contributed by atoms with Crippen molar-refractivity contribution < 1.29 is 22.7 Å². The molecule has 0 aliphatic carbocycles. The molecule has 2 aromatic carbocycles. The third kappa shape index (κ3) is 5.68. The van der Waals surface area contributed by atoms with Gasteiger partial charge >= 0.3 is 6.18 Å². The van der Waals surface area contributed by atoms with Gasteiger partial charge < -0.3 is 10.1 Å². The number of aromatic nitrogens is 1. The lowest BCUT2D eigenvalue weighted by Crippen LogP contribution is -2.23. The van der Waals surface area contributed by atoms with Crippen LogP contribution >= 0.6 is 23.2 Å². The van der Waals surface area contributed by atoms with Gasteiger partial charge in [-0.1, -0.05) is 42.3 Å². The fourth-order valence-electron chi connectivity index (χ4n) is 2.77. The van der Waals surface area contributed by atoms with Crippen LogP contribution < -0.4 is 10.1 Å². The summed E-state index contributed by atoms with van der Waals surface area (Å²) in [7, 11) is 0. The lowest BCUT2D eigenvalue weighted by molar-refractivity contribution is -0.137. The highest BCUT2D eigenvalue weighted by atomic mass is 35.5. The van der Waals surface area contributed by atoms with E-state index < -0.39 is 11.7 Å². The Kier molecular flexibility index (Phi) is 7.08. The number of alkyl halides is 3. The number of nitrogens with zero attached hydrogens (tertiary/aromatic N) is 1. The Labute approximate surface area is 187 Å². The van der Waals surface area contributed by atoms with Gasteiger partial charge in [-0.05, 0) is 42.8 Å². The average molecular weight is 469 g/mol. The molecular weight excluding hydrogens is 452 g/mol. The van der Waals surface area contributed by atoms with E-state index in [1.165, 1.54) is 42.5 Å². The van der Waals surface area contributed by atoms with E-state index in [0.717, 1.165) is 18.6 Å². The summed E-state index contributed by atoms with van der Waals surface area (Å²) in [6, 6.07) is 12.3. The van der Waals surface area contributed by atoms with Crippen molar-refractivity contribution in [1.82, 2.24) is 10.3 Å². The lowest BCUT2D eigenvalue weighted by atomic mass is 10.0. The molecule has 3 rings (SSSR count). The van der Waals surface area contributed by atoms with E-state index >= 15 is 0 Å². The van der Waals surface area contributed by atoms with Crippen LogP contribution in [0.2, 0.25) is 10.0 Å². The summed E-state index contributed by atoms with van der Waals surface area (Å²) in [4.78, 5) is 16.3. The first kappa shape index (κ1) is 22.9. The van der Waals surface area contributed by atoms with Crippen LogP contribution in [0.4, 0.5) is 13.2 Å². The molecule has 0 unspecified atom stereocenters. The molecule has 31 heavy (non-hydrogen) atoms. The van der Waals surface area contributed by atoms with Gasteiger partial charge in [0, 0.05) is 28.8 Å². The maximum absolute atomic E-state index is 13.6. The lowest BCUT2D eigenvalue weighted by Gasteiger charge is -2.15. The third-order valence-corrected chi connectivity index (χ3v) is 4.75. The number of carbonyl (C=O) groups is 1. The number of rotatable bonds is 6. The summed E-state index contributed by atoms with van der Waals surface area (Å²) < 4.78 is 46.5. The molecule has 0 bridgehead atoms. The molecule has 162 valence electrons. The first-order valence-corrected chi connectivity index (χ1v) is 10.0. The van der Waals surface area contributed by atoms with Crippen molar-refractivity contribution in [2.75, 3.05) is 6.54 Å². The van der Waals surface area contributed by atoms with Gasteiger partial charge in [0.25, 0.3) is 5.91 Å². The van der Waals surface area contributed by atoms with E-state index in [1.54, 1.807) is 0 Å². The molecule has 0 fully saturated rings. The molecule has 3 aromatic rings. The van der Waals surface area contributed by atoms with Crippen molar-refractivity contribution in [3.63, 3.8) is 0 Å². The highest BCUT2D eigenvalue weighted by Gasteiger charge is 2.35. The fraction of sp³-hybridized carbons (Fsp3) is 0.182. The molecule has 1 heterocycles. The first-order valence-electron chi connectivity index (χ1n) is 9.29. The monoisotopic (exact) mass is 468 g/mol. The van der Waals surface area contributed by atoms with Crippen LogP contribution in [-0.4, -0.2) is 17.4 Å². The maximum Gasteiger partial charge on any atom is 0.418 e. The zero-order valence-corrected chi connectivity index (χ0v) is 17.8. The SMILES string of the molecule is CCCNC(=O)c1cccc(-c2nc(Oc3ccc(Cl)cc3Cl)ccc2C(F)(F)F)c1. The summed E-state index contributed by atoms with van der Waals surface area (Å²) in [5.41, 5.74) is -0.953. The van der Waals surface area contributed by atoms with Gasteiger partial charge in [0.2, 0.25) is 5.88 Å². The largest absolute Gasteiger partial charge is 0.437 e. The Bertz CT molecular complexity index is 1100. The molecular formula is C22H17Cl2F3N2O2. The van der Waals surface area contributed by atoms with Gasteiger partial charge in [0.05, 0.1) is 16.3 Å². The number of benzene rings is 2. The molecule has 0 saturated heterocycles. The van der Waals surface area contributed by atoms with E-state index in [9.17, 15) is 18.0 Å². The van der Waals surface area contributed by atoms with E-state index in [1.807, 2.05) is 6.92 Å². The van der Waals surface area contributed by atoms with E-state index in [2.05, 4.69) is 10.3 Å². The van der Waals surface area contributed by atoms with Crippen LogP contribution in [0.25, 0.3) is 11.3 Å². The molecule has 0 spiro atoms. The van der Waals surface area contributed by atoms with Gasteiger partial charge in [-0.25, -0.2) is 4.98 Å². The molecule has 1 amide bonds. The van der Waals surface area contributed by atoms with Crippen LogP contribution in [0.1, 0.15) is 29.3 Å². The van der Waals surface area contributed by atoms with Gasteiger partial charge in [-0.3, -0.25) is 4.79 Å². The second-order valence-electron chi connectivity index (χ2n) is 6.56. The first-order chi connectivity index (χ1) is 14.7. The number of ether oxygens (including phenoxy) is 1. The highest BCUT2D eigenvalue weighted by Crippen LogP contribution is 2.38. The Balaban J connectivity index is 2.03. The predicted octanol–water partition coefficient (Wildman–Crippen LogP) is 7.01. The number of amides is 1. The van der Waals surface area contributed by atoms with Crippen LogP contribution in [-0.2, 0) is 6.18 Å². The Morgan fingerprint density at radius 1 is 1.10 bits per heavy atom. The smallest absolute Gasteiger partial charge is 0.418 e. The fourth-order valence-corrected chi connectivity index (χ4v) is 3.21. The molecule has 0 saturated carbocycles. The molecule has 0 radical (unpaired) electrons. The van der Waals surface area contributed by atoms with Gasteiger partial charge in [-0.2, -0.15) is 13.2 Å². The number of halogens is 5. The molecule has 0 aliphatic heterocycles. The van der Waals surface area contributed by atoms with Crippen LogP contribution in [0.15, 0.2) is 54.6 Å². The second-order valence-corrected chi connectivity index (χ2v) is 7.40. The second kappa shape index (κ2) is 9.58. The zero-order valence-electron chi connectivity index (χ0n) is 16.3. The van der Waals surface area contributed by atoms with Crippen molar-refractivity contribution in [3.05, 3.63) is 75.8 Å². The number of pyridine rings is 1. The minimum atomic E-state index is -4.65. The van der Waals surface area contributed by atoms with E-state index in [0.29, 0.717) is 11.6 Å². The molecule has 0 aliphatic rings. The summed E-state index contributed by atoms with van der Waals surface area (Å²) >= 11 is 11.9. The van der Waals surface area contributed by atoms with Crippen molar-refractivity contribution in [2.24, 2.45) is 0 Å². The molecule has 1 N–H and O–H groups in total. The summed E-state index contributed by atoms with van der Waals surface area (Å²) in [6.07, 6.45) is -3.92. The van der Waals surface area contributed by atoms with Crippen molar-refractivity contribution >= 4 is 29.1 Å². The van der Waals surface area contributed by atoms with Crippen molar-refractivity contribution in [1.29, 1.82) is 0 Å². The summed E-state index contributed by atoms with van der Waals surface area (Å²) in [6.45, 7) is 2.36. The topological polar surface area (TPSA) is 51.2 Å². The minimum absolute atomic E-state index is 0.0898. The average Bonchev–Trinajstić information content (AvgIpc) is 2.73.